The fraction of sp³-hybridized carbons (Fsp3) is 0.400. The second-order valence-corrected chi connectivity index (χ2v) is 6.79. The molecule has 106 valence electrons. The molecule has 0 aromatic carbocycles. The lowest BCUT2D eigenvalue weighted by atomic mass is 10.2. The summed E-state index contributed by atoms with van der Waals surface area (Å²) in [4.78, 5) is 14.4. The average Bonchev–Trinajstić information content (AvgIpc) is 3.12. The number of likely N-dealkylation sites (tertiary alicyclic amines) is 1. The van der Waals surface area contributed by atoms with Crippen molar-refractivity contribution in [1.82, 2.24) is 10.2 Å². The monoisotopic (exact) mass is 306 g/mol. The van der Waals surface area contributed by atoms with Gasteiger partial charge in [-0.1, -0.05) is 0 Å². The molecule has 3 rings (SSSR count). The van der Waals surface area contributed by atoms with Gasteiger partial charge in [-0.25, -0.2) is 0 Å². The lowest BCUT2D eigenvalue weighted by Crippen LogP contribution is -2.37. The molecule has 5 heteroatoms. The highest BCUT2D eigenvalue weighted by atomic mass is 32.1. The molecule has 1 atom stereocenters. The highest BCUT2D eigenvalue weighted by molar-refractivity contribution is 7.08. The second kappa shape index (κ2) is 6.52. The van der Waals surface area contributed by atoms with Gasteiger partial charge in [-0.3, -0.25) is 9.69 Å². The molecule has 2 aromatic rings. The van der Waals surface area contributed by atoms with E-state index in [4.69, 9.17) is 0 Å². The maximum absolute atomic E-state index is 12.0. The molecular formula is C15H18N2OS2. The van der Waals surface area contributed by atoms with Crippen molar-refractivity contribution in [3.63, 3.8) is 0 Å². The first-order valence-corrected chi connectivity index (χ1v) is 8.72. The molecule has 1 aliphatic rings. The van der Waals surface area contributed by atoms with Crippen molar-refractivity contribution in [2.75, 3.05) is 13.1 Å². The molecule has 1 saturated heterocycles. The number of hydrogen-bond acceptors (Lipinski definition) is 4. The largest absolute Gasteiger partial charge is 0.352 e. The summed E-state index contributed by atoms with van der Waals surface area (Å²) in [5, 5.41) is 11.5. The first-order valence-electron chi connectivity index (χ1n) is 6.83. The third-order valence-electron chi connectivity index (χ3n) is 3.57. The lowest BCUT2D eigenvalue weighted by molar-refractivity contribution is -0.121. The first kappa shape index (κ1) is 13.8. The van der Waals surface area contributed by atoms with Crippen LogP contribution in [0.3, 0.4) is 0 Å². The van der Waals surface area contributed by atoms with E-state index in [1.165, 1.54) is 5.56 Å². The molecule has 0 saturated carbocycles. The first-order chi connectivity index (χ1) is 9.79. The average molecular weight is 306 g/mol. The molecule has 1 fully saturated rings. The number of carbonyl (C=O) groups is 1. The smallest absolute Gasteiger partial charge is 0.224 e. The van der Waals surface area contributed by atoms with Crippen LogP contribution < -0.4 is 5.32 Å². The van der Waals surface area contributed by atoms with Crippen molar-refractivity contribution < 1.29 is 4.79 Å². The number of nitrogens with zero attached hydrogens (tertiary/aromatic N) is 1. The molecule has 0 bridgehead atoms. The molecule has 20 heavy (non-hydrogen) atoms. The van der Waals surface area contributed by atoms with Crippen molar-refractivity contribution >= 4 is 28.6 Å². The Bertz CT molecular complexity index is 536. The fourth-order valence-corrected chi connectivity index (χ4v) is 3.92. The molecule has 0 radical (unpaired) electrons. The predicted octanol–water partition coefficient (Wildman–Crippen LogP) is 2.74. The molecule has 3 nitrogen and oxygen atoms in total. The Labute approximate surface area is 127 Å². The summed E-state index contributed by atoms with van der Waals surface area (Å²) in [6.07, 6.45) is 1.56. The van der Waals surface area contributed by atoms with Crippen molar-refractivity contribution in [3.05, 3.63) is 44.8 Å². The minimum absolute atomic E-state index is 0.144. The summed E-state index contributed by atoms with van der Waals surface area (Å²) in [6, 6.07) is 4.49. The Balaban J connectivity index is 1.44. The Morgan fingerprint density at radius 2 is 2.00 bits per heavy atom. The SMILES string of the molecule is O=C(Cc1ccsc1)NC1CCN(Cc2ccsc2)C1. The van der Waals surface area contributed by atoms with Gasteiger partial charge in [-0.15, -0.1) is 0 Å². The van der Waals surface area contributed by atoms with E-state index in [0.29, 0.717) is 12.5 Å². The van der Waals surface area contributed by atoms with Crippen LogP contribution in [0.5, 0.6) is 0 Å². The molecule has 3 heterocycles. The topological polar surface area (TPSA) is 32.3 Å². The predicted molar refractivity (Wildman–Crippen MR) is 84.2 cm³/mol. The number of rotatable bonds is 5. The van der Waals surface area contributed by atoms with Crippen molar-refractivity contribution in [1.29, 1.82) is 0 Å². The zero-order chi connectivity index (χ0) is 13.8. The Morgan fingerprint density at radius 1 is 1.25 bits per heavy atom. The summed E-state index contributed by atoms with van der Waals surface area (Å²) in [7, 11) is 0. The highest BCUT2D eigenvalue weighted by Crippen LogP contribution is 2.15. The highest BCUT2D eigenvalue weighted by Gasteiger charge is 2.23. The van der Waals surface area contributed by atoms with E-state index in [1.54, 1.807) is 22.7 Å². The summed E-state index contributed by atoms with van der Waals surface area (Å²) in [5.41, 5.74) is 2.49. The summed E-state index contributed by atoms with van der Waals surface area (Å²) < 4.78 is 0. The molecule has 1 amide bonds. The summed E-state index contributed by atoms with van der Waals surface area (Å²) in [6.45, 7) is 3.03. The normalized spacial score (nSPS) is 19.3. The van der Waals surface area contributed by atoms with E-state index in [9.17, 15) is 4.79 Å². The van der Waals surface area contributed by atoms with E-state index in [2.05, 4.69) is 27.0 Å². The fourth-order valence-electron chi connectivity index (χ4n) is 2.59. The molecule has 1 aliphatic heterocycles. The lowest BCUT2D eigenvalue weighted by Gasteiger charge is -2.16. The van der Waals surface area contributed by atoms with Crippen LogP contribution in [0, 0.1) is 0 Å². The minimum Gasteiger partial charge on any atom is -0.352 e. The maximum Gasteiger partial charge on any atom is 0.224 e. The molecule has 0 aliphatic carbocycles. The summed E-state index contributed by atoms with van der Waals surface area (Å²) >= 11 is 3.38. The van der Waals surface area contributed by atoms with Crippen molar-refractivity contribution in [2.24, 2.45) is 0 Å². The van der Waals surface area contributed by atoms with Gasteiger partial charge in [0.1, 0.15) is 0 Å². The van der Waals surface area contributed by atoms with Crippen LogP contribution in [0.25, 0.3) is 0 Å². The van der Waals surface area contributed by atoms with Gasteiger partial charge < -0.3 is 5.32 Å². The zero-order valence-corrected chi connectivity index (χ0v) is 12.9. The molecule has 1 unspecified atom stereocenters. The Kier molecular flexibility index (Phi) is 4.50. The standard InChI is InChI=1S/C15H18N2OS2/c18-15(7-12-2-5-19-10-12)16-14-1-4-17(9-14)8-13-3-6-20-11-13/h2-3,5-6,10-11,14H,1,4,7-9H2,(H,16,18). The number of hydrogen-bond donors (Lipinski definition) is 1. The van der Waals surface area contributed by atoms with Crippen LogP contribution in [0.2, 0.25) is 0 Å². The van der Waals surface area contributed by atoms with Crippen molar-refractivity contribution in [2.45, 2.75) is 25.4 Å². The van der Waals surface area contributed by atoms with E-state index in [-0.39, 0.29) is 5.91 Å². The van der Waals surface area contributed by atoms with Crippen LogP contribution in [0.4, 0.5) is 0 Å². The van der Waals surface area contributed by atoms with E-state index in [0.717, 1.165) is 31.6 Å². The van der Waals surface area contributed by atoms with Crippen molar-refractivity contribution in [3.8, 4) is 0 Å². The molecule has 2 aromatic heterocycles. The van der Waals surface area contributed by atoms with Gasteiger partial charge in [0.2, 0.25) is 5.91 Å². The zero-order valence-electron chi connectivity index (χ0n) is 11.2. The van der Waals surface area contributed by atoms with E-state index >= 15 is 0 Å². The van der Waals surface area contributed by atoms with E-state index < -0.39 is 0 Å². The quantitative estimate of drug-likeness (QED) is 0.921. The Morgan fingerprint density at radius 3 is 2.70 bits per heavy atom. The maximum atomic E-state index is 12.0. The third kappa shape index (κ3) is 3.69. The second-order valence-electron chi connectivity index (χ2n) is 5.23. The van der Waals surface area contributed by atoms with Gasteiger partial charge in [-0.2, -0.15) is 22.7 Å². The van der Waals surface area contributed by atoms with Crippen LogP contribution in [0.1, 0.15) is 17.5 Å². The van der Waals surface area contributed by atoms with Crippen LogP contribution >= 0.6 is 22.7 Å². The molecule has 0 spiro atoms. The number of nitrogens with one attached hydrogen (secondary N) is 1. The van der Waals surface area contributed by atoms with Gasteiger partial charge in [0.05, 0.1) is 6.42 Å². The number of carbonyl (C=O) groups excluding carboxylic acids is 1. The van der Waals surface area contributed by atoms with Gasteiger partial charge in [0.15, 0.2) is 0 Å². The number of thiophene rings is 2. The van der Waals surface area contributed by atoms with Gasteiger partial charge in [0.25, 0.3) is 0 Å². The minimum atomic E-state index is 0.144. The van der Waals surface area contributed by atoms with Crippen LogP contribution in [-0.4, -0.2) is 29.9 Å². The van der Waals surface area contributed by atoms with Crippen LogP contribution in [-0.2, 0) is 17.8 Å². The van der Waals surface area contributed by atoms with E-state index in [1.807, 2.05) is 16.8 Å². The van der Waals surface area contributed by atoms with Gasteiger partial charge in [0, 0.05) is 25.7 Å². The van der Waals surface area contributed by atoms with Crippen LogP contribution in [0.15, 0.2) is 33.7 Å². The van der Waals surface area contributed by atoms with Gasteiger partial charge in [-0.05, 0) is 51.2 Å². The molecule has 1 N–H and O–H groups in total. The third-order valence-corrected chi connectivity index (χ3v) is 5.03. The molecular weight excluding hydrogens is 288 g/mol. The van der Waals surface area contributed by atoms with Gasteiger partial charge >= 0.3 is 0 Å². The number of amides is 1. The Hall–Kier alpha value is -1.17. The summed E-state index contributed by atoms with van der Waals surface area (Å²) in [5.74, 6) is 0.144.